The number of allylic oxidation sites excluding steroid dienone is 4. The van der Waals surface area contributed by atoms with Crippen molar-refractivity contribution in [2.24, 2.45) is 7.05 Å². The van der Waals surface area contributed by atoms with E-state index in [1.54, 1.807) is 19.2 Å². The number of carbonyl (C=O) groups is 1. The van der Waals surface area contributed by atoms with E-state index in [1.807, 2.05) is 32.9 Å². The van der Waals surface area contributed by atoms with E-state index < -0.39 is 0 Å². The standard InChI is InChI=1S/C23H28N4O3/c1-6-21(28)16(4)10-13-22(15(2)3)30-14-19-18(17-11-12-17)8-7-9-20(19)27-23(29)26(5)24-25-27/h7-10,13,17H,4,6,11-12,14H2,1-3,5H3/b13-10-. The highest BCUT2D eigenvalue weighted by Gasteiger charge is 2.28. The molecule has 1 aliphatic carbocycles. The van der Waals surface area contributed by atoms with Crippen LogP contribution in [-0.4, -0.2) is 25.6 Å². The van der Waals surface area contributed by atoms with Gasteiger partial charge in [0.2, 0.25) is 0 Å². The maximum absolute atomic E-state index is 12.4. The van der Waals surface area contributed by atoms with Gasteiger partial charge >= 0.3 is 5.69 Å². The summed E-state index contributed by atoms with van der Waals surface area (Å²) >= 11 is 0. The Kier molecular flexibility index (Phi) is 6.50. The summed E-state index contributed by atoms with van der Waals surface area (Å²) in [5.41, 5.74) is 3.90. The molecule has 30 heavy (non-hydrogen) atoms. The molecule has 0 unspecified atom stereocenters. The lowest BCUT2D eigenvalue weighted by Crippen LogP contribution is -2.23. The zero-order valence-corrected chi connectivity index (χ0v) is 18.0. The van der Waals surface area contributed by atoms with E-state index in [4.69, 9.17) is 4.74 Å². The number of Topliss-reactive ketones (excluding diaryl/α,β-unsaturated/α-hetero) is 1. The number of tetrazole rings is 1. The molecule has 1 aliphatic rings. The molecule has 7 nitrogen and oxygen atoms in total. The van der Waals surface area contributed by atoms with Crippen LogP contribution in [0.2, 0.25) is 0 Å². The number of nitrogens with zero attached hydrogens (tertiary/aromatic N) is 4. The van der Waals surface area contributed by atoms with Crippen LogP contribution in [0.4, 0.5) is 0 Å². The molecule has 0 atom stereocenters. The Balaban J connectivity index is 1.91. The van der Waals surface area contributed by atoms with Gasteiger partial charge in [0.1, 0.15) is 12.4 Å². The Morgan fingerprint density at radius 1 is 1.27 bits per heavy atom. The number of ketones is 1. The number of benzene rings is 1. The molecule has 1 aromatic carbocycles. The highest BCUT2D eigenvalue weighted by atomic mass is 16.5. The highest BCUT2D eigenvalue weighted by molar-refractivity contribution is 5.97. The number of hydrogen-bond donors (Lipinski definition) is 0. The maximum Gasteiger partial charge on any atom is 0.368 e. The van der Waals surface area contributed by atoms with Gasteiger partial charge in [0.15, 0.2) is 5.78 Å². The Morgan fingerprint density at radius 2 is 2.00 bits per heavy atom. The van der Waals surface area contributed by atoms with Crippen molar-refractivity contribution >= 4 is 5.78 Å². The zero-order chi connectivity index (χ0) is 21.8. The molecule has 2 aromatic rings. The van der Waals surface area contributed by atoms with Gasteiger partial charge < -0.3 is 4.74 Å². The maximum atomic E-state index is 12.4. The summed E-state index contributed by atoms with van der Waals surface area (Å²) in [6.07, 6.45) is 6.13. The number of ether oxygens (including phenoxy) is 1. The minimum Gasteiger partial charge on any atom is -0.489 e. The lowest BCUT2D eigenvalue weighted by atomic mass is 10.0. The number of rotatable bonds is 9. The molecule has 0 amide bonds. The van der Waals surface area contributed by atoms with Crippen molar-refractivity contribution in [3.63, 3.8) is 0 Å². The van der Waals surface area contributed by atoms with Crippen molar-refractivity contribution in [3.05, 3.63) is 75.4 Å². The Labute approximate surface area is 176 Å². The monoisotopic (exact) mass is 408 g/mol. The normalized spacial score (nSPS) is 13.5. The van der Waals surface area contributed by atoms with Gasteiger partial charge in [-0.1, -0.05) is 25.6 Å². The van der Waals surface area contributed by atoms with Crippen LogP contribution >= 0.6 is 0 Å². The van der Waals surface area contributed by atoms with Gasteiger partial charge in [-0.3, -0.25) is 4.79 Å². The second-order valence-corrected chi connectivity index (χ2v) is 7.70. The Bertz CT molecular complexity index is 1080. The fourth-order valence-electron chi connectivity index (χ4n) is 3.19. The number of aromatic nitrogens is 4. The van der Waals surface area contributed by atoms with Crippen molar-refractivity contribution in [2.45, 2.75) is 52.6 Å². The van der Waals surface area contributed by atoms with Crippen molar-refractivity contribution in [1.29, 1.82) is 0 Å². The summed E-state index contributed by atoms with van der Waals surface area (Å²) in [7, 11) is 1.57. The van der Waals surface area contributed by atoms with Crippen LogP contribution in [0.25, 0.3) is 5.69 Å². The van der Waals surface area contributed by atoms with E-state index in [9.17, 15) is 9.59 Å². The van der Waals surface area contributed by atoms with E-state index in [2.05, 4.69) is 23.1 Å². The predicted molar refractivity (Wildman–Crippen MR) is 115 cm³/mol. The molecule has 0 bridgehead atoms. The lowest BCUT2D eigenvalue weighted by Gasteiger charge is -2.16. The molecule has 1 heterocycles. The third-order valence-corrected chi connectivity index (χ3v) is 5.13. The molecule has 0 saturated heterocycles. The van der Waals surface area contributed by atoms with Crippen molar-refractivity contribution in [2.75, 3.05) is 0 Å². The van der Waals surface area contributed by atoms with E-state index in [1.165, 1.54) is 14.9 Å². The molecule has 0 spiro atoms. The van der Waals surface area contributed by atoms with Crippen LogP contribution in [0.5, 0.6) is 0 Å². The first-order valence-corrected chi connectivity index (χ1v) is 10.1. The zero-order valence-electron chi connectivity index (χ0n) is 18.0. The molecule has 7 heteroatoms. The lowest BCUT2D eigenvalue weighted by molar-refractivity contribution is -0.114. The first-order valence-electron chi connectivity index (χ1n) is 10.1. The molecular formula is C23H28N4O3. The second-order valence-electron chi connectivity index (χ2n) is 7.70. The van der Waals surface area contributed by atoms with Crippen LogP contribution in [0.15, 0.2) is 58.6 Å². The van der Waals surface area contributed by atoms with E-state index in [0.29, 0.717) is 29.4 Å². The first kappa shape index (κ1) is 21.5. The smallest absolute Gasteiger partial charge is 0.368 e. The largest absolute Gasteiger partial charge is 0.489 e. The Hall–Kier alpha value is -3.22. The quantitative estimate of drug-likeness (QED) is 0.359. The van der Waals surface area contributed by atoms with Gasteiger partial charge in [0.05, 0.1) is 5.69 Å². The molecule has 1 saturated carbocycles. The van der Waals surface area contributed by atoms with Crippen LogP contribution in [-0.2, 0) is 23.2 Å². The van der Waals surface area contributed by atoms with E-state index >= 15 is 0 Å². The molecule has 3 rings (SSSR count). The molecule has 1 fully saturated rings. The molecule has 0 N–H and O–H groups in total. The summed E-state index contributed by atoms with van der Waals surface area (Å²) in [6, 6.07) is 5.89. The SMILES string of the molecule is C=C(/C=C\C(OCc1c(C2CC2)cccc1-n1nnn(C)c1=O)=C(C)C)C(=O)CC. The second kappa shape index (κ2) is 9.07. The number of hydrogen-bond acceptors (Lipinski definition) is 5. The van der Waals surface area contributed by atoms with Gasteiger partial charge in [-0.2, -0.15) is 9.36 Å². The first-order chi connectivity index (χ1) is 14.3. The third kappa shape index (κ3) is 4.67. The molecule has 1 aromatic heterocycles. The van der Waals surface area contributed by atoms with Crippen molar-refractivity contribution in [3.8, 4) is 5.69 Å². The van der Waals surface area contributed by atoms with Gasteiger partial charge in [-0.15, -0.1) is 0 Å². The predicted octanol–water partition coefficient (Wildman–Crippen LogP) is 3.75. The summed E-state index contributed by atoms with van der Waals surface area (Å²) in [5.74, 6) is 1.15. The average molecular weight is 409 g/mol. The fraction of sp³-hybridized carbons (Fsp3) is 0.391. The van der Waals surface area contributed by atoms with Gasteiger partial charge in [0.25, 0.3) is 0 Å². The molecule has 0 radical (unpaired) electrons. The number of aryl methyl sites for hydroxylation is 1. The summed E-state index contributed by atoms with van der Waals surface area (Å²) in [4.78, 5) is 24.2. The summed E-state index contributed by atoms with van der Waals surface area (Å²) in [5, 5.41) is 7.84. The summed E-state index contributed by atoms with van der Waals surface area (Å²) in [6.45, 7) is 9.81. The van der Waals surface area contributed by atoms with Gasteiger partial charge in [0, 0.05) is 24.6 Å². The molecule has 0 aliphatic heterocycles. The molecular weight excluding hydrogens is 380 g/mol. The molecule has 158 valence electrons. The highest BCUT2D eigenvalue weighted by Crippen LogP contribution is 2.43. The van der Waals surface area contributed by atoms with Crippen LogP contribution in [0.3, 0.4) is 0 Å². The topological polar surface area (TPSA) is 79.0 Å². The van der Waals surface area contributed by atoms with Gasteiger partial charge in [-0.05, 0) is 72.4 Å². The number of carbonyl (C=O) groups excluding carboxylic acids is 1. The minimum absolute atomic E-state index is 0.00254. The Morgan fingerprint density at radius 3 is 2.57 bits per heavy atom. The summed E-state index contributed by atoms with van der Waals surface area (Å²) < 4.78 is 8.66. The van der Waals surface area contributed by atoms with Crippen LogP contribution < -0.4 is 5.69 Å². The van der Waals surface area contributed by atoms with Crippen molar-refractivity contribution in [1.82, 2.24) is 19.8 Å². The fourth-order valence-corrected chi connectivity index (χ4v) is 3.19. The minimum atomic E-state index is -0.305. The third-order valence-electron chi connectivity index (χ3n) is 5.13. The van der Waals surface area contributed by atoms with Crippen LogP contribution in [0.1, 0.15) is 57.1 Å². The van der Waals surface area contributed by atoms with Crippen LogP contribution in [0, 0.1) is 0 Å². The average Bonchev–Trinajstić information content (AvgIpc) is 3.52. The van der Waals surface area contributed by atoms with Gasteiger partial charge in [-0.25, -0.2) is 4.79 Å². The van der Waals surface area contributed by atoms with Crippen molar-refractivity contribution < 1.29 is 9.53 Å². The van der Waals surface area contributed by atoms with E-state index in [0.717, 1.165) is 24.0 Å². The van der Waals surface area contributed by atoms with E-state index in [-0.39, 0.29) is 18.1 Å².